The molecule has 1 aromatic carbocycles. The summed E-state index contributed by atoms with van der Waals surface area (Å²) >= 11 is 7.14. The zero-order chi connectivity index (χ0) is 13.5. The van der Waals surface area contributed by atoms with Crippen molar-refractivity contribution in [1.82, 2.24) is 4.90 Å². The molecule has 0 aliphatic rings. The van der Waals surface area contributed by atoms with E-state index in [0.29, 0.717) is 5.02 Å². The maximum atomic E-state index is 11.8. The third-order valence-electron chi connectivity index (χ3n) is 2.23. The van der Waals surface area contributed by atoms with E-state index in [2.05, 4.69) is 0 Å². The molecule has 1 N–H and O–H groups in total. The van der Waals surface area contributed by atoms with E-state index in [9.17, 15) is 9.59 Å². The molecule has 0 radical (unpaired) electrons. The van der Waals surface area contributed by atoms with Gasteiger partial charge in [0.15, 0.2) is 0 Å². The predicted molar refractivity (Wildman–Crippen MR) is 72.9 cm³/mol. The second kappa shape index (κ2) is 7.28. The lowest BCUT2D eigenvalue weighted by Crippen LogP contribution is -2.36. The Labute approximate surface area is 115 Å². The minimum atomic E-state index is -1.02. The molecular weight excluding hydrogens is 274 g/mol. The van der Waals surface area contributed by atoms with E-state index in [-0.39, 0.29) is 24.7 Å². The SMILES string of the molecule is CSCC(=O)N(CC(=O)O)Cc1ccc(Cl)cc1. The number of halogens is 1. The summed E-state index contributed by atoms with van der Waals surface area (Å²) in [5, 5.41) is 9.41. The van der Waals surface area contributed by atoms with Gasteiger partial charge in [-0.05, 0) is 24.0 Å². The fourth-order valence-corrected chi connectivity index (χ4v) is 1.98. The quantitative estimate of drug-likeness (QED) is 0.871. The largest absolute Gasteiger partial charge is 0.480 e. The molecule has 4 nitrogen and oxygen atoms in total. The lowest BCUT2D eigenvalue weighted by molar-refractivity contribution is -0.143. The number of hydrogen-bond donors (Lipinski definition) is 1. The lowest BCUT2D eigenvalue weighted by atomic mass is 10.2. The summed E-state index contributed by atoms with van der Waals surface area (Å²) < 4.78 is 0. The summed E-state index contributed by atoms with van der Waals surface area (Å²) in [7, 11) is 0. The van der Waals surface area contributed by atoms with Crippen LogP contribution in [0, 0.1) is 0 Å². The molecule has 98 valence electrons. The molecule has 0 saturated carbocycles. The van der Waals surface area contributed by atoms with E-state index >= 15 is 0 Å². The normalized spacial score (nSPS) is 10.1. The van der Waals surface area contributed by atoms with Crippen molar-refractivity contribution in [3.05, 3.63) is 34.9 Å². The summed E-state index contributed by atoms with van der Waals surface area (Å²) in [5.41, 5.74) is 0.857. The third kappa shape index (κ3) is 4.98. The van der Waals surface area contributed by atoms with Gasteiger partial charge in [0.1, 0.15) is 6.54 Å². The molecule has 0 fully saturated rings. The molecule has 1 rings (SSSR count). The van der Waals surface area contributed by atoms with Crippen LogP contribution in [0.2, 0.25) is 5.02 Å². The summed E-state index contributed by atoms with van der Waals surface area (Å²) in [6.07, 6.45) is 1.80. The Kier molecular flexibility index (Phi) is 6.01. The van der Waals surface area contributed by atoms with Gasteiger partial charge in [-0.3, -0.25) is 9.59 Å². The molecule has 6 heteroatoms. The predicted octanol–water partition coefficient (Wildman–Crippen LogP) is 2.12. The molecule has 0 aliphatic heterocycles. The van der Waals surface area contributed by atoms with Crippen molar-refractivity contribution >= 4 is 35.2 Å². The maximum Gasteiger partial charge on any atom is 0.323 e. The molecule has 0 atom stereocenters. The molecule has 0 heterocycles. The van der Waals surface area contributed by atoms with Crippen molar-refractivity contribution in [1.29, 1.82) is 0 Å². The molecule has 1 aromatic rings. The van der Waals surface area contributed by atoms with Crippen LogP contribution < -0.4 is 0 Å². The summed E-state index contributed by atoms with van der Waals surface area (Å²) in [5.74, 6) is -0.917. The number of carbonyl (C=O) groups is 2. The number of thioether (sulfide) groups is 1. The molecular formula is C12H14ClNO3S. The zero-order valence-corrected chi connectivity index (χ0v) is 11.5. The van der Waals surface area contributed by atoms with Crippen LogP contribution >= 0.6 is 23.4 Å². The van der Waals surface area contributed by atoms with Gasteiger partial charge in [-0.1, -0.05) is 23.7 Å². The highest BCUT2D eigenvalue weighted by molar-refractivity contribution is 7.99. The Morgan fingerprint density at radius 2 is 1.94 bits per heavy atom. The van der Waals surface area contributed by atoms with Gasteiger partial charge in [0.05, 0.1) is 5.75 Å². The molecule has 1 amide bonds. The van der Waals surface area contributed by atoms with Crippen LogP contribution in [0.5, 0.6) is 0 Å². The number of nitrogens with zero attached hydrogens (tertiary/aromatic N) is 1. The first-order chi connectivity index (χ1) is 8.52. The van der Waals surface area contributed by atoms with Crippen LogP contribution in [0.3, 0.4) is 0 Å². The van der Waals surface area contributed by atoms with E-state index in [1.54, 1.807) is 30.5 Å². The number of carboxylic acids is 1. The van der Waals surface area contributed by atoms with Gasteiger partial charge in [0.25, 0.3) is 0 Å². The van der Waals surface area contributed by atoms with Crippen molar-refractivity contribution < 1.29 is 14.7 Å². The molecule has 0 aliphatic carbocycles. The zero-order valence-electron chi connectivity index (χ0n) is 9.93. The second-order valence-corrected chi connectivity index (χ2v) is 5.01. The lowest BCUT2D eigenvalue weighted by Gasteiger charge is -2.20. The average Bonchev–Trinajstić information content (AvgIpc) is 2.31. The topological polar surface area (TPSA) is 57.6 Å². The summed E-state index contributed by atoms with van der Waals surface area (Å²) in [6, 6.07) is 7.00. The average molecular weight is 288 g/mol. The van der Waals surface area contributed by atoms with Gasteiger partial charge in [0, 0.05) is 11.6 Å². The third-order valence-corrected chi connectivity index (χ3v) is 3.02. The van der Waals surface area contributed by atoms with Gasteiger partial charge >= 0.3 is 5.97 Å². The van der Waals surface area contributed by atoms with Crippen LogP contribution in [-0.2, 0) is 16.1 Å². The van der Waals surface area contributed by atoms with Gasteiger partial charge in [-0.25, -0.2) is 0 Å². The van der Waals surface area contributed by atoms with E-state index in [0.717, 1.165) is 5.56 Å². The summed E-state index contributed by atoms with van der Waals surface area (Å²) in [4.78, 5) is 23.8. The fraction of sp³-hybridized carbons (Fsp3) is 0.333. The number of carboxylic acid groups (broad SMARTS) is 1. The van der Waals surface area contributed by atoms with Gasteiger partial charge in [-0.2, -0.15) is 11.8 Å². The molecule has 0 saturated heterocycles. The number of aliphatic carboxylic acids is 1. The highest BCUT2D eigenvalue weighted by Gasteiger charge is 2.16. The summed E-state index contributed by atoms with van der Waals surface area (Å²) in [6.45, 7) is -0.00905. The van der Waals surface area contributed by atoms with Crippen LogP contribution in [0.15, 0.2) is 24.3 Å². The van der Waals surface area contributed by atoms with Crippen LogP contribution in [0.1, 0.15) is 5.56 Å². The van der Waals surface area contributed by atoms with Crippen molar-refractivity contribution in [3.63, 3.8) is 0 Å². The highest BCUT2D eigenvalue weighted by atomic mass is 35.5. The Balaban J connectivity index is 2.74. The standard InChI is InChI=1S/C12H14ClNO3S/c1-18-8-11(15)14(7-12(16)17)6-9-2-4-10(13)5-3-9/h2-5H,6-8H2,1H3,(H,16,17). The van der Waals surface area contributed by atoms with E-state index in [1.807, 2.05) is 0 Å². The number of amides is 1. The minimum absolute atomic E-state index is 0.181. The molecule has 0 bridgehead atoms. The van der Waals surface area contributed by atoms with Crippen molar-refractivity contribution in [2.45, 2.75) is 6.54 Å². The second-order valence-electron chi connectivity index (χ2n) is 3.70. The van der Waals surface area contributed by atoms with Crippen LogP contribution in [0.25, 0.3) is 0 Å². The van der Waals surface area contributed by atoms with Crippen molar-refractivity contribution in [3.8, 4) is 0 Å². The molecule has 0 aromatic heterocycles. The van der Waals surface area contributed by atoms with E-state index < -0.39 is 5.97 Å². The maximum absolute atomic E-state index is 11.8. The van der Waals surface area contributed by atoms with Crippen molar-refractivity contribution in [2.75, 3.05) is 18.6 Å². The smallest absolute Gasteiger partial charge is 0.323 e. The molecule has 18 heavy (non-hydrogen) atoms. The number of benzene rings is 1. The molecule has 0 unspecified atom stereocenters. The Hall–Kier alpha value is -1.20. The fourth-order valence-electron chi connectivity index (χ4n) is 1.42. The monoisotopic (exact) mass is 287 g/mol. The molecule has 0 spiro atoms. The van der Waals surface area contributed by atoms with Crippen LogP contribution in [0.4, 0.5) is 0 Å². The van der Waals surface area contributed by atoms with E-state index in [4.69, 9.17) is 16.7 Å². The van der Waals surface area contributed by atoms with Gasteiger partial charge < -0.3 is 10.0 Å². The minimum Gasteiger partial charge on any atom is -0.480 e. The van der Waals surface area contributed by atoms with Crippen molar-refractivity contribution in [2.24, 2.45) is 0 Å². The first-order valence-corrected chi connectivity index (χ1v) is 7.03. The Bertz CT molecular complexity index is 422. The first-order valence-electron chi connectivity index (χ1n) is 5.26. The number of rotatable bonds is 6. The van der Waals surface area contributed by atoms with Crippen LogP contribution in [-0.4, -0.2) is 40.4 Å². The van der Waals surface area contributed by atoms with Gasteiger partial charge in [0.2, 0.25) is 5.91 Å². The Morgan fingerprint density at radius 3 is 2.44 bits per heavy atom. The van der Waals surface area contributed by atoms with Gasteiger partial charge in [-0.15, -0.1) is 0 Å². The Morgan fingerprint density at radius 1 is 1.33 bits per heavy atom. The number of hydrogen-bond acceptors (Lipinski definition) is 3. The number of carbonyl (C=O) groups excluding carboxylic acids is 1. The van der Waals surface area contributed by atoms with E-state index in [1.165, 1.54) is 16.7 Å². The highest BCUT2D eigenvalue weighted by Crippen LogP contribution is 2.12. The first kappa shape index (κ1) is 14.9.